The summed E-state index contributed by atoms with van der Waals surface area (Å²) in [5.41, 5.74) is 2.36. The molecule has 0 aliphatic rings. The van der Waals surface area contributed by atoms with E-state index in [1.807, 2.05) is 11.5 Å². The molecule has 8 heteroatoms. The van der Waals surface area contributed by atoms with Crippen molar-refractivity contribution in [2.24, 2.45) is 5.84 Å². The van der Waals surface area contributed by atoms with E-state index in [0.29, 0.717) is 22.1 Å². The van der Waals surface area contributed by atoms with Crippen LogP contribution >= 0.6 is 11.6 Å². The molecule has 0 aliphatic heterocycles. The van der Waals surface area contributed by atoms with Gasteiger partial charge in [-0.2, -0.15) is 5.26 Å². The fourth-order valence-corrected chi connectivity index (χ4v) is 1.61. The molecule has 0 radical (unpaired) electrons. The van der Waals surface area contributed by atoms with E-state index < -0.39 is 5.91 Å². The molecule has 0 spiro atoms. The molecule has 2 rings (SSSR count). The van der Waals surface area contributed by atoms with Crippen molar-refractivity contribution in [2.75, 3.05) is 0 Å². The first-order chi connectivity index (χ1) is 9.63. The van der Waals surface area contributed by atoms with Gasteiger partial charge in [-0.3, -0.25) is 10.2 Å². The number of aromatic nitrogens is 1. The van der Waals surface area contributed by atoms with Crippen molar-refractivity contribution >= 4 is 17.5 Å². The monoisotopic (exact) mass is 292 g/mol. The molecule has 0 saturated carbocycles. The van der Waals surface area contributed by atoms with Crippen LogP contribution in [0.4, 0.5) is 0 Å². The number of carbonyl (C=O) groups excluding carboxylic acids is 1. The number of ether oxygens (including phenoxy) is 1. The number of hydrogen-bond donors (Lipinski definition) is 2. The third kappa shape index (κ3) is 3.06. The average Bonchev–Trinajstić information content (AvgIpc) is 2.93. The Kier molecular flexibility index (Phi) is 4.20. The number of nitrogens with one attached hydrogen (secondary N) is 1. The van der Waals surface area contributed by atoms with Crippen molar-refractivity contribution in [1.29, 1.82) is 5.26 Å². The van der Waals surface area contributed by atoms with E-state index in [2.05, 4.69) is 5.16 Å². The van der Waals surface area contributed by atoms with Gasteiger partial charge in [0.25, 0.3) is 5.91 Å². The van der Waals surface area contributed by atoms with Crippen LogP contribution in [-0.4, -0.2) is 11.1 Å². The van der Waals surface area contributed by atoms with Crippen LogP contribution in [-0.2, 0) is 6.61 Å². The summed E-state index contributed by atoms with van der Waals surface area (Å²) in [7, 11) is 0. The van der Waals surface area contributed by atoms with Gasteiger partial charge in [-0.1, -0.05) is 16.8 Å². The highest BCUT2D eigenvalue weighted by atomic mass is 35.5. The van der Waals surface area contributed by atoms with Crippen molar-refractivity contribution in [3.63, 3.8) is 0 Å². The lowest BCUT2D eigenvalue weighted by molar-refractivity contribution is 0.0944. The number of nitrogens with zero attached hydrogens (tertiary/aromatic N) is 2. The number of halogens is 1. The molecule has 0 saturated heterocycles. The summed E-state index contributed by atoms with van der Waals surface area (Å²) in [6.07, 6.45) is 0. The highest BCUT2D eigenvalue weighted by molar-refractivity contribution is 6.31. The van der Waals surface area contributed by atoms with Crippen LogP contribution in [0.1, 0.15) is 21.8 Å². The molecule has 0 atom stereocenters. The van der Waals surface area contributed by atoms with E-state index in [0.717, 1.165) is 0 Å². The summed E-state index contributed by atoms with van der Waals surface area (Å²) in [4.78, 5) is 11.2. The van der Waals surface area contributed by atoms with E-state index in [1.54, 1.807) is 12.1 Å². The van der Waals surface area contributed by atoms with Crippen LogP contribution < -0.4 is 16.0 Å². The fourth-order valence-electron chi connectivity index (χ4n) is 1.39. The quantitative estimate of drug-likeness (QED) is 0.500. The molecule has 2 aromatic rings. The lowest BCUT2D eigenvalue weighted by Gasteiger charge is -2.04. The molecule has 1 aromatic heterocycles. The minimum absolute atomic E-state index is 0.0592. The van der Waals surface area contributed by atoms with Crippen molar-refractivity contribution in [3.05, 3.63) is 46.3 Å². The molecule has 20 heavy (non-hydrogen) atoms. The first-order valence-electron chi connectivity index (χ1n) is 5.43. The summed E-state index contributed by atoms with van der Waals surface area (Å²) in [6, 6.07) is 8.03. The number of benzene rings is 1. The Morgan fingerprint density at radius 1 is 1.55 bits per heavy atom. The molecule has 0 bridgehead atoms. The van der Waals surface area contributed by atoms with E-state index in [-0.39, 0.29) is 12.3 Å². The number of nitrogen functional groups attached to an aromatic ring is 1. The first-order valence-corrected chi connectivity index (χ1v) is 5.81. The van der Waals surface area contributed by atoms with Gasteiger partial charge in [-0.05, 0) is 12.1 Å². The molecule has 1 aromatic carbocycles. The molecule has 0 aliphatic carbocycles. The van der Waals surface area contributed by atoms with Crippen LogP contribution in [0.15, 0.2) is 28.8 Å². The molecule has 1 heterocycles. The van der Waals surface area contributed by atoms with Crippen molar-refractivity contribution in [1.82, 2.24) is 10.6 Å². The molecule has 1 amide bonds. The average molecular weight is 293 g/mol. The third-order valence-corrected chi connectivity index (χ3v) is 2.68. The Bertz CT molecular complexity index is 678. The second-order valence-electron chi connectivity index (χ2n) is 3.69. The highest BCUT2D eigenvalue weighted by Gasteiger charge is 2.11. The maximum absolute atomic E-state index is 11.2. The topological polar surface area (TPSA) is 114 Å². The highest BCUT2D eigenvalue weighted by Crippen LogP contribution is 2.22. The number of amides is 1. The smallest absolute Gasteiger partial charge is 0.287 e. The summed E-state index contributed by atoms with van der Waals surface area (Å²) in [6.45, 7) is 0.0626. The van der Waals surface area contributed by atoms with E-state index in [4.69, 9.17) is 32.0 Å². The van der Waals surface area contributed by atoms with Crippen LogP contribution in [0.5, 0.6) is 5.75 Å². The molecule has 102 valence electrons. The lowest BCUT2D eigenvalue weighted by Crippen LogP contribution is -2.30. The number of rotatable bonds is 4. The number of nitriles is 1. The maximum atomic E-state index is 11.2. The standard InChI is InChI=1S/C12H9ClN4O3/c13-10-3-8(2-1-7(10)5-14)19-6-9-4-11(17-20-9)12(18)16-15/h1-4H,6,15H2,(H,16,18). The Hall–Kier alpha value is -2.56. The minimum Gasteiger partial charge on any atom is -0.485 e. The number of carbonyl (C=O) groups is 1. The molecule has 3 N–H and O–H groups in total. The summed E-state index contributed by atoms with van der Waals surface area (Å²) in [5.74, 6) is 5.23. The predicted octanol–water partition coefficient (Wildman–Crippen LogP) is 1.38. The molecular weight excluding hydrogens is 284 g/mol. The van der Waals surface area contributed by atoms with Crippen molar-refractivity contribution < 1.29 is 14.1 Å². The summed E-state index contributed by atoms with van der Waals surface area (Å²) >= 11 is 5.87. The van der Waals surface area contributed by atoms with Crippen LogP contribution in [0.3, 0.4) is 0 Å². The molecule has 0 fully saturated rings. The zero-order valence-electron chi connectivity index (χ0n) is 10.1. The number of hydrogen-bond acceptors (Lipinski definition) is 6. The van der Waals surface area contributed by atoms with Crippen LogP contribution in [0.25, 0.3) is 0 Å². The van der Waals surface area contributed by atoms with Crippen LogP contribution in [0, 0.1) is 11.3 Å². The van der Waals surface area contributed by atoms with Gasteiger partial charge in [-0.25, -0.2) is 5.84 Å². The van der Waals surface area contributed by atoms with Gasteiger partial charge in [0.05, 0.1) is 10.6 Å². The third-order valence-electron chi connectivity index (χ3n) is 2.36. The second-order valence-corrected chi connectivity index (χ2v) is 4.10. The lowest BCUT2D eigenvalue weighted by atomic mass is 10.2. The predicted molar refractivity (Wildman–Crippen MR) is 68.7 cm³/mol. The zero-order valence-corrected chi connectivity index (χ0v) is 10.8. The maximum Gasteiger partial charge on any atom is 0.287 e. The zero-order chi connectivity index (χ0) is 14.5. The van der Waals surface area contributed by atoms with Crippen molar-refractivity contribution in [2.45, 2.75) is 6.61 Å². The summed E-state index contributed by atoms with van der Waals surface area (Å²) in [5, 5.41) is 12.6. The van der Waals surface area contributed by atoms with Crippen molar-refractivity contribution in [3.8, 4) is 11.8 Å². The van der Waals surface area contributed by atoms with Gasteiger partial charge in [0.15, 0.2) is 11.5 Å². The first kappa shape index (κ1) is 13.9. The van der Waals surface area contributed by atoms with Gasteiger partial charge in [-0.15, -0.1) is 0 Å². The molecule has 0 unspecified atom stereocenters. The largest absolute Gasteiger partial charge is 0.485 e. The fraction of sp³-hybridized carbons (Fsp3) is 0.0833. The van der Waals surface area contributed by atoms with E-state index >= 15 is 0 Å². The van der Waals surface area contributed by atoms with Gasteiger partial charge >= 0.3 is 0 Å². The Morgan fingerprint density at radius 3 is 3.00 bits per heavy atom. The number of nitrogens with two attached hydrogens (primary N) is 1. The molecular formula is C12H9ClN4O3. The Labute approximate surface area is 118 Å². The van der Waals surface area contributed by atoms with Gasteiger partial charge in [0.1, 0.15) is 18.4 Å². The normalized spacial score (nSPS) is 9.85. The van der Waals surface area contributed by atoms with Gasteiger partial charge in [0, 0.05) is 12.1 Å². The summed E-state index contributed by atoms with van der Waals surface area (Å²) < 4.78 is 10.3. The SMILES string of the molecule is N#Cc1ccc(OCc2cc(C(=O)NN)no2)cc1Cl. The minimum atomic E-state index is -0.554. The van der Waals surface area contributed by atoms with Gasteiger partial charge in [0.2, 0.25) is 0 Å². The number of hydrazine groups is 1. The molecule has 7 nitrogen and oxygen atoms in total. The Balaban J connectivity index is 2.02. The second kappa shape index (κ2) is 6.06. The van der Waals surface area contributed by atoms with E-state index in [9.17, 15) is 4.79 Å². The van der Waals surface area contributed by atoms with E-state index in [1.165, 1.54) is 12.1 Å². The van der Waals surface area contributed by atoms with Gasteiger partial charge < -0.3 is 9.26 Å². The Morgan fingerprint density at radius 2 is 2.35 bits per heavy atom. The van der Waals surface area contributed by atoms with Crippen LogP contribution in [0.2, 0.25) is 5.02 Å².